The molecule has 4 aromatic rings. The van der Waals surface area contributed by atoms with E-state index in [-0.39, 0.29) is 157 Å². The number of aromatic carboxylic acids is 2. The minimum absolute atomic E-state index is 0. The summed E-state index contributed by atoms with van der Waals surface area (Å²) in [4.78, 5) is 21.6. The Kier molecular flexibility index (Phi) is 20.7. The first-order valence-electron chi connectivity index (χ1n) is 11.8. The summed E-state index contributed by atoms with van der Waals surface area (Å²) in [7, 11) is -5.11. The Morgan fingerprint density at radius 3 is 1.75 bits per heavy atom. The van der Waals surface area contributed by atoms with E-state index in [4.69, 9.17) is 0 Å². The molecular weight excluding hydrogens is 716 g/mol. The largest absolute Gasteiger partial charge is 1.00 e. The van der Waals surface area contributed by atoms with Crippen molar-refractivity contribution in [2.45, 2.75) is 9.79 Å². The van der Waals surface area contributed by atoms with E-state index in [1.165, 1.54) is 42.5 Å². The SMILES string of the molecule is O=C([O-])c1cc(N=Nc2ccc(-c3ccc(NNc4ccc(O)c(C(=O)[O-])c4)cc3S(=O)(=O)[O-])c(SOO[O-])c2)ccc1O.[Na+].[Na+].[Na+].[Na+]. The second kappa shape index (κ2) is 21.2. The number of anilines is 2. The van der Waals surface area contributed by atoms with Crippen molar-refractivity contribution in [3.05, 3.63) is 83.9 Å². The van der Waals surface area contributed by atoms with Crippen LogP contribution < -0.4 is 145 Å². The molecule has 0 atom stereocenters. The molecule has 0 heterocycles. The van der Waals surface area contributed by atoms with E-state index >= 15 is 0 Å². The molecule has 4 rings (SSSR count). The van der Waals surface area contributed by atoms with Crippen LogP contribution in [0.5, 0.6) is 11.5 Å². The number of nitrogens with zero attached hydrogens (tertiary/aromatic N) is 2. The number of rotatable bonds is 12. The summed E-state index contributed by atoms with van der Waals surface area (Å²) in [5.74, 6) is -4.33. The molecule has 0 spiro atoms. The van der Waals surface area contributed by atoms with E-state index in [0.29, 0.717) is 12.0 Å². The molecule has 48 heavy (non-hydrogen) atoms. The van der Waals surface area contributed by atoms with Gasteiger partial charge in [-0.1, -0.05) is 12.1 Å². The Morgan fingerprint density at radius 1 is 0.708 bits per heavy atom. The fraction of sp³-hybridized carbons (Fsp3) is 0. The van der Waals surface area contributed by atoms with Crippen molar-refractivity contribution in [3.8, 4) is 22.6 Å². The van der Waals surface area contributed by atoms with Gasteiger partial charge in [0.2, 0.25) is 0 Å². The molecule has 0 aliphatic carbocycles. The predicted molar refractivity (Wildman–Crippen MR) is 144 cm³/mol. The number of hydrogen-bond donors (Lipinski definition) is 4. The third kappa shape index (κ3) is 12.5. The maximum Gasteiger partial charge on any atom is 1.00 e. The van der Waals surface area contributed by atoms with Gasteiger partial charge >= 0.3 is 118 Å². The van der Waals surface area contributed by atoms with E-state index in [2.05, 4.69) is 30.5 Å². The molecule has 16 nitrogen and oxygen atoms in total. The summed E-state index contributed by atoms with van der Waals surface area (Å²) in [6.45, 7) is 0. The van der Waals surface area contributed by atoms with Gasteiger partial charge in [0.05, 0.1) is 51.6 Å². The number of nitrogens with one attached hydrogen (secondary N) is 2. The normalized spacial score (nSPS) is 10.5. The van der Waals surface area contributed by atoms with Gasteiger partial charge in [-0.25, -0.2) is 8.42 Å². The summed E-state index contributed by atoms with van der Waals surface area (Å²) in [5.41, 5.74) is 4.58. The number of carboxylic acid groups (broad SMARTS) is 2. The van der Waals surface area contributed by atoms with Gasteiger partial charge in [-0.2, -0.15) is 14.6 Å². The Bertz CT molecular complexity index is 1900. The van der Waals surface area contributed by atoms with Crippen LogP contribution in [-0.2, 0) is 19.5 Å². The van der Waals surface area contributed by atoms with Gasteiger partial charge in [-0.3, -0.25) is 5.04 Å². The summed E-state index contributed by atoms with van der Waals surface area (Å²) in [6, 6.07) is 14.5. The van der Waals surface area contributed by atoms with Gasteiger partial charge in [0.1, 0.15) is 21.6 Å². The zero-order valence-electron chi connectivity index (χ0n) is 25.6. The first-order valence-corrected chi connectivity index (χ1v) is 13.9. The molecule has 0 aliphatic heterocycles. The molecule has 22 heteroatoms. The van der Waals surface area contributed by atoms with Crippen molar-refractivity contribution < 1.29 is 176 Å². The van der Waals surface area contributed by atoms with Crippen molar-refractivity contribution in [1.82, 2.24) is 0 Å². The quantitative estimate of drug-likeness (QED) is 0.0200. The maximum absolute atomic E-state index is 12.2. The van der Waals surface area contributed by atoms with Gasteiger partial charge in [0, 0.05) is 21.6 Å². The molecule has 0 aromatic heterocycles. The molecule has 0 unspecified atom stereocenters. The fourth-order valence-corrected chi connectivity index (χ4v) is 4.99. The van der Waals surface area contributed by atoms with E-state index in [9.17, 15) is 48.2 Å². The van der Waals surface area contributed by atoms with Crippen LogP contribution in [0.2, 0.25) is 0 Å². The first kappa shape index (κ1) is 46.8. The Balaban J connectivity index is 0.00000552. The number of carbonyl (C=O) groups excluding carboxylic acids is 2. The Labute approximate surface area is 365 Å². The van der Waals surface area contributed by atoms with Crippen LogP contribution in [0.3, 0.4) is 0 Å². The number of benzene rings is 4. The van der Waals surface area contributed by atoms with Crippen molar-refractivity contribution in [2.75, 3.05) is 10.9 Å². The second-order valence-corrected chi connectivity index (χ2v) is 10.6. The van der Waals surface area contributed by atoms with Crippen molar-refractivity contribution >= 4 is 56.8 Å². The van der Waals surface area contributed by atoms with Crippen LogP contribution in [0.4, 0.5) is 22.7 Å². The zero-order chi connectivity index (χ0) is 32.0. The topological polar surface area (TPSA) is 268 Å². The number of carbonyl (C=O) groups is 2. The molecule has 0 fully saturated rings. The van der Waals surface area contributed by atoms with Gasteiger partial charge in [-0.05, 0) is 66.2 Å². The third-order valence-electron chi connectivity index (χ3n) is 5.71. The van der Waals surface area contributed by atoms with E-state index < -0.39 is 49.6 Å². The van der Waals surface area contributed by atoms with Gasteiger partial charge < -0.3 is 50.7 Å². The van der Waals surface area contributed by atoms with Gasteiger partial charge in [-0.15, -0.1) is 0 Å². The molecule has 228 valence electrons. The van der Waals surface area contributed by atoms with Crippen molar-refractivity contribution in [1.29, 1.82) is 0 Å². The monoisotopic (exact) mass is 732 g/mol. The van der Waals surface area contributed by atoms with Crippen LogP contribution >= 0.6 is 12.0 Å². The molecule has 4 aromatic carbocycles. The zero-order valence-corrected chi connectivity index (χ0v) is 35.2. The van der Waals surface area contributed by atoms with Crippen LogP contribution in [0.1, 0.15) is 20.7 Å². The average molecular weight is 733 g/mol. The minimum Gasteiger partial charge on any atom is -0.744 e. The summed E-state index contributed by atoms with van der Waals surface area (Å²) in [5, 5.41) is 63.3. The number of azo groups is 1. The average Bonchev–Trinajstić information content (AvgIpc) is 2.98. The molecule has 4 N–H and O–H groups in total. The summed E-state index contributed by atoms with van der Waals surface area (Å²) >= 11 is 0.368. The Hall–Kier alpha value is -1.24. The maximum atomic E-state index is 12.2. The minimum atomic E-state index is -5.11. The van der Waals surface area contributed by atoms with E-state index in [0.717, 1.165) is 30.3 Å². The molecule has 0 saturated carbocycles. The predicted octanol–water partition coefficient (Wildman–Crippen LogP) is -10.5. The number of hydrazine groups is 1. The first-order chi connectivity index (χ1) is 20.9. The Morgan fingerprint density at radius 2 is 1.19 bits per heavy atom. The van der Waals surface area contributed by atoms with E-state index in [1.807, 2.05) is 0 Å². The number of phenols is 2. The molecular formula is C26H16N4Na4O12S2. The smallest absolute Gasteiger partial charge is 0.744 e. The molecule has 0 amide bonds. The van der Waals surface area contributed by atoms with Crippen LogP contribution in [0.25, 0.3) is 11.1 Å². The van der Waals surface area contributed by atoms with Crippen LogP contribution in [0, 0.1) is 0 Å². The van der Waals surface area contributed by atoms with Crippen LogP contribution in [0.15, 0.2) is 92.8 Å². The van der Waals surface area contributed by atoms with E-state index in [1.54, 1.807) is 0 Å². The molecule has 0 bridgehead atoms. The standard InChI is InChI=1S/C26H20N4O12S2.4Na/c31-21-7-3-13(9-19(21)25(33)34)27-29-15-1-5-17(23(11-15)43-42-41-37)18-6-2-16(12-24(18)44(38,39)40)30-28-14-4-8-22(32)20(10-14)26(35)36;;;;/h1-12,28,30-32,37H,(H,33,34)(H,35,36)(H,38,39,40);;;;/q;4*+1/p-4. The summed E-state index contributed by atoms with van der Waals surface area (Å²) in [6.07, 6.45) is 0. The fourth-order valence-electron chi connectivity index (χ4n) is 3.73. The van der Waals surface area contributed by atoms with Gasteiger partial charge in [0.15, 0.2) is 0 Å². The number of aromatic hydroxyl groups is 2. The summed E-state index contributed by atoms with van der Waals surface area (Å²) < 4.78 is 41.1. The van der Waals surface area contributed by atoms with Crippen molar-refractivity contribution in [3.63, 3.8) is 0 Å². The van der Waals surface area contributed by atoms with Crippen molar-refractivity contribution in [2.24, 2.45) is 10.2 Å². The number of hydrogen-bond acceptors (Lipinski definition) is 17. The van der Waals surface area contributed by atoms with Gasteiger partial charge in [0.25, 0.3) is 0 Å². The third-order valence-corrected chi connectivity index (χ3v) is 7.22. The second-order valence-electron chi connectivity index (χ2n) is 8.52. The van der Waals surface area contributed by atoms with Crippen LogP contribution in [-0.4, -0.2) is 35.1 Å². The molecule has 0 aliphatic rings. The molecule has 0 saturated heterocycles. The number of carboxylic acids is 2. The molecule has 0 radical (unpaired) electrons.